The first-order valence-corrected chi connectivity index (χ1v) is 8.07. The predicted octanol–water partition coefficient (Wildman–Crippen LogP) is -0.925. The SMILES string of the molecule is CCCCC(CC)COC(=O)CCC(=O)O.O=S(=O)(O)O.[H-].[Na+]. The molecule has 0 aliphatic carbocycles. The number of carboxylic acid groups (broad SMARTS) is 1. The molecule has 128 valence electrons. The molecule has 0 fully saturated rings. The summed E-state index contributed by atoms with van der Waals surface area (Å²) >= 11 is 0. The average molecular weight is 352 g/mol. The summed E-state index contributed by atoms with van der Waals surface area (Å²) in [6.45, 7) is 4.63. The molecule has 22 heavy (non-hydrogen) atoms. The summed E-state index contributed by atoms with van der Waals surface area (Å²) in [6.07, 6.45) is 4.17. The summed E-state index contributed by atoms with van der Waals surface area (Å²) in [5.41, 5.74) is 0. The fourth-order valence-corrected chi connectivity index (χ4v) is 1.39. The molecule has 0 aromatic rings. The minimum atomic E-state index is -4.67. The quantitative estimate of drug-likeness (QED) is 0.275. The van der Waals surface area contributed by atoms with Gasteiger partial charge >= 0.3 is 51.9 Å². The summed E-state index contributed by atoms with van der Waals surface area (Å²) in [7, 11) is -4.67. The number of esters is 1. The zero-order chi connectivity index (χ0) is 16.9. The second-order valence-electron chi connectivity index (χ2n) is 4.44. The third kappa shape index (κ3) is 28.0. The third-order valence-electron chi connectivity index (χ3n) is 2.57. The van der Waals surface area contributed by atoms with Crippen molar-refractivity contribution in [2.75, 3.05) is 6.61 Å². The average Bonchev–Trinajstić information content (AvgIpc) is 2.34. The van der Waals surface area contributed by atoms with Crippen LogP contribution < -0.4 is 29.6 Å². The summed E-state index contributed by atoms with van der Waals surface area (Å²) < 4.78 is 36.6. The van der Waals surface area contributed by atoms with E-state index >= 15 is 0 Å². The largest absolute Gasteiger partial charge is 1.00 e. The number of carboxylic acids is 1. The molecule has 0 saturated carbocycles. The van der Waals surface area contributed by atoms with Crippen LogP contribution in [0, 0.1) is 5.92 Å². The van der Waals surface area contributed by atoms with Crippen LogP contribution in [-0.4, -0.2) is 41.2 Å². The molecule has 0 aromatic heterocycles. The third-order valence-corrected chi connectivity index (χ3v) is 2.57. The van der Waals surface area contributed by atoms with E-state index in [9.17, 15) is 9.59 Å². The second kappa shape index (κ2) is 15.7. The first kappa shape index (κ1) is 26.7. The Morgan fingerprint density at radius 2 is 1.68 bits per heavy atom. The van der Waals surface area contributed by atoms with Crippen LogP contribution >= 0.6 is 0 Å². The number of ether oxygens (including phenoxy) is 1. The maximum atomic E-state index is 11.2. The topological polar surface area (TPSA) is 138 Å². The minimum Gasteiger partial charge on any atom is -1.00 e. The Labute approximate surface area is 155 Å². The van der Waals surface area contributed by atoms with Gasteiger partial charge in [0.2, 0.25) is 0 Å². The molecule has 0 aromatic carbocycles. The molecule has 0 aliphatic heterocycles. The van der Waals surface area contributed by atoms with Crippen LogP contribution in [0.25, 0.3) is 0 Å². The summed E-state index contributed by atoms with van der Waals surface area (Å²) in [4.78, 5) is 21.4. The van der Waals surface area contributed by atoms with E-state index in [1.54, 1.807) is 0 Å². The van der Waals surface area contributed by atoms with Crippen molar-refractivity contribution in [3.8, 4) is 0 Å². The molecule has 0 aliphatic rings. The van der Waals surface area contributed by atoms with Crippen molar-refractivity contribution in [3.63, 3.8) is 0 Å². The van der Waals surface area contributed by atoms with Crippen molar-refractivity contribution in [1.29, 1.82) is 0 Å². The molecular weight excluding hydrogens is 327 g/mol. The summed E-state index contributed by atoms with van der Waals surface area (Å²) in [5.74, 6) is -0.957. The Balaban J connectivity index is -0.000000225. The predicted molar refractivity (Wildman–Crippen MR) is 76.4 cm³/mol. The van der Waals surface area contributed by atoms with Crippen LogP contribution in [0.4, 0.5) is 0 Å². The zero-order valence-electron chi connectivity index (χ0n) is 14.3. The van der Waals surface area contributed by atoms with E-state index < -0.39 is 22.3 Å². The van der Waals surface area contributed by atoms with Gasteiger partial charge in [-0.05, 0) is 12.3 Å². The monoisotopic (exact) mass is 352 g/mol. The van der Waals surface area contributed by atoms with Crippen LogP contribution in [0.1, 0.15) is 53.8 Å². The van der Waals surface area contributed by atoms with E-state index in [0.29, 0.717) is 12.5 Å². The second-order valence-corrected chi connectivity index (χ2v) is 5.34. The molecule has 3 N–H and O–H groups in total. The normalized spacial score (nSPS) is 11.5. The van der Waals surface area contributed by atoms with Gasteiger partial charge in [0.25, 0.3) is 0 Å². The van der Waals surface area contributed by atoms with Gasteiger partial charge in [-0.2, -0.15) is 8.42 Å². The van der Waals surface area contributed by atoms with Gasteiger partial charge in [-0.3, -0.25) is 18.7 Å². The van der Waals surface area contributed by atoms with Crippen molar-refractivity contribution in [3.05, 3.63) is 0 Å². The Morgan fingerprint density at radius 3 is 2.05 bits per heavy atom. The number of hydrogen-bond acceptors (Lipinski definition) is 5. The molecule has 0 spiro atoms. The van der Waals surface area contributed by atoms with E-state index in [4.69, 9.17) is 27.4 Å². The molecule has 0 amide bonds. The van der Waals surface area contributed by atoms with E-state index in [1.807, 2.05) is 0 Å². The number of aliphatic carboxylic acids is 1. The maximum absolute atomic E-state index is 11.2. The number of carbonyl (C=O) groups is 2. The van der Waals surface area contributed by atoms with Crippen molar-refractivity contribution in [1.82, 2.24) is 0 Å². The molecule has 0 saturated heterocycles. The molecule has 1 unspecified atom stereocenters. The first-order valence-electron chi connectivity index (χ1n) is 6.67. The van der Waals surface area contributed by atoms with Gasteiger partial charge < -0.3 is 11.3 Å². The van der Waals surface area contributed by atoms with Crippen LogP contribution in [0.5, 0.6) is 0 Å². The fraction of sp³-hybridized carbons (Fsp3) is 0.833. The zero-order valence-corrected chi connectivity index (χ0v) is 16.1. The minimum absolute atomic E-state index is 0. The molecule has 0 rings (SSSR count). The van der Waals surface area contributed by atoms with Gasteiger partial charge in [0.05, 0.1) is 19.4 Å². The van der Waals surface area contributed by atoms with Crippen molar-refractivity contribution in [2.45, 2.75) is 52.4 Å². The Hall–Kier alpha value is -0.190. The maximum Gasteiger partial charge on any atom is 1.00 e. The Morgan fingerprint density at radius 1 is 1.18 bits per heavy atom. The van der Waals surface area contributed by atoms with Gasteiger partial charge in [-0.25, -0.2) is 0 Å². The van der Waals surface area contributed by atoms with Crippen LogP contribution in [0.2, 0.25) is 0 Å². The van der Waals surface area contributed by atoms with Gasteiger partial charge in [0, 0.05) is 0 Å². The van der Waals surface area contributed by atoms with E-state index in [-0.39, 0.29) is 43.8 Å². The molecule has 8 nitrogen and oxygen atoms in total. The molecule has 1 atom stereocenters. The molecule has 10 heteroatoms. The van der Waals surface area contributed by atoms with Gasteiger partial charge in [-0.1, -0.05) is 33.1 Å². The smallest absolute Gasteiger partial charge is 1.00 e. The van der Waals surface area contributed by atoms with Gasteiger partial charge in [0.15, 0.2) is 0 Å². The van der Waals surface area contributed by atoms with E-state index in [0.717, 1.165) is 25.7 Å². The number of hydrogen-bond donors (Lipinski definition) is 3. The van der Waals surface area contributed by atoms with Crippen LogP contribution in [0.15, 0.2) is 0 Å². The number of carbonyl (C=O) groups excluding carboxylic acids is 1. The number of rotatable bonds is 9. The first-order chi connectivity index (χ1) is 9.60. The number of unbranched alkanes of at least 4 members (excludes halogenated alkanes) is 1. The molecule has 0 heterocycles. The van der Waals surface area contributed by atoms with Gasteiger partial charge in [-0.15, -0.1) is 0 Å². The van der Waals surface area contributed by atoms with Crippen LogP contribution in [-0.2, 0) is 24.7 Å². The van der Waals surface area contributed by atoms with Crippen molar-refractivity contribution in [2.24, 2.45) is 5.92 Å². The summed E-state index contributed by atoms with van der Waals surface area (Å²) in [5, 5.41) is 8.39. The van der Waals surface area contributed by atoms with Crippen molar-refractivity contribution < 1.29 is 67.9 Å². The standard InChI is InChI=1S/C12H22O4.Na.H2O4S.H/c1-3-5-6-10(4-2)9-16-12(15)8-7-11(13)14;;1-5(2,3)4;/h10H,3-9H2,1-2H3,(H,13,14);;(H2,1,2,3,4);/q;+1;;-1. The molecule has 0 bridgehead atoms. The Kier molecular flexibility index (Phi) is 19.0. The fourth-order valence-electron chi connectivity index (χ4n) is 1.39. The molecular formula is C12H25NaO8S. The van der Waals surface area contributed by atoms with Crippen LogP contribution in [0.3, 0.4) is 0 Å². The van der Waals surface area contributed by atoms with E-state index in [1.165, 1.54) is 0 Å². The molecule has 0 radical (unpaired) electrons. The van der Waals surface area contributed by atoms with Crippen molar-refractivity contribution >= 4 is 22.3 Å². The van der Waals surface area contributed by atoms with Gasteiger partial charge in [0.1, 0.15) is 0 Å². The summed E-state index contributed by atoms with van der Waals surface area (Å²) in [6, 6.07) is 0. The van der Waals surface area contributed by atoms with E-state index in [2.05, 4.69) is 13.8 Å². The Bertz CT molecular complexity index is 394.